The van der Waals surface area contributed by atoms with Crippen LogP contribution in [-0.2, 0) is 0 Å². The van der Waals surface area contributed by atoms with Crippen LogP contribution in [0.2, 0.25) is 10.0 Å². The largest absolute Gasteiger partial charge is 0.292 e. The van der Waals surface area contributed by atoms with Gasteiger partial charge in [0.05, 0.1) is 11.6 Å². The lowest BCUT2D eigenvalue weighted by atomic mass is 9.91. The van der Waals surface area contributed by atoms with Gasteiger partial charge in [0, 0.05) is 20.1 Å². The fourth-order valence-corrected chi connectivity index (χ4v) is 2.86. The molecule has 0 spiro atoms. The van der Waals surface area contributed by atoms with Gasteiger partial charge in [0.1, 0.15) is 11.7 Å². The summed E-state index contributed by atoms with van der Waals surface area (Å²) < 4.78 is 14.4. The number of rotatable bonds is 3. The van der Waals surface area contributed by atoms with Crippen molar-refractivity contribution < 1.29 is 9.18 Å². The Kier molecular flexibility index (Phi) is 5.00. The predicted octanol–water partition coefficient (Wildman–Crippen LogP) is 5.39. The van der Waals surface area contributed by atoms with E-state index in [1.165, 1.54) is 24.3 Å². The smallest absolute Gasteiger partial charge is 0.187 e. The number of halogens is 4. The van der Waals surface area contributed by atoms with E-state index in [2.05, 4.69) is 15.9 Å². The molecule has 0 aliphatic rings. The molecule has 0 saturated carbocycles. The summed E-state index contributed by atoms with van der Waals surface area (Å²) in [5.41, 5.74) is -0.000352. The fraction of sp³-hybridized carbons (Fsp3) is 0.0667. The van der Waals surface area contributed by atoms with Gasteiger partial charge in [-0.05, 0) is 30.3 Å². The first-order valence-electron chi connectivity index (χ1n) is 5.78. The van der Waals surface area contributed by atoms with Crippen LogP contribution in [0, 0.1) is 17.1 Å². The predicted molar refractivity (Wildman–Crippen MR) is 83.2 cm³/mol. The summed E-state index contributed by atoms with van der Waals surface area (Å²) in [5, 5.41) is 9.68. The second-order valence-electron chi connectivity index (χ2n) is 4.19. The van der Waals surface area contributed by atoms with Gasteiger partial charge in [-0.15, -0.1) is 0 Å². The maximum absolute atomic E-state index is 13.8. The van der Waals surface area contributed by atoms with E-state index < -0.39 is 17.5 Å². The zero-order chi connectivity index (χ0) is 15.6. The van der Waals surface area contributed by atoms with Gasteiger partial charge in [0.25, 0.3) is 0 Å². The maximum Gasteiger partial charge on any atom is 0.187 e. The van der Waals surface area contributed by atoms with Gasteiger partial charge in [-0.2, -0.15) is 5.26 Å². The minimum absolute atomic E-state index is 0.188. The van der Waals surface area contributed by atoms with E-state index in [4.69, 9.17) is 23.2 Å². The molecule has 0 aromatic heterocycles. The molecule has 0 heterocycles. The van der Waals surface area contributed by atoms with Gasteiger partial charge >= 0.3 is 0 Å². The Bertz CT molecular complexity index is 738. The molecule has 0 amide bonds. The van der Waals surface area contributed by atoms with E-state index in [9.17, 15) is 14.4 Å². The van der Waals surface area contributed by atoms with Crippen molar-refractivity contribution in [2.75, 3.05) is 0 Å². The highest BCUT2D eigenvalue weighted by atomic mass is 79.9. The zero-order valence-corrected chi connectivity index (χ0v) is 13.5. The average Bonchev–Trinajstić information content (AvgIpc) is 2.45. The number of Topliss-reactive ketones (excluding diaryl/α,β-unsaturated/α-hetero) is 1. The van der Waals surface area contributed by atoms with Crippen LogP contribution in [0.15, 0.2) is 40.9 Å². The van der Waals surface area contributed by atoms with E-state index in [0.717, 1.165) is 6.07 Å². The van der Waals surface area contributed by atoms with Crippen molar-refractivity contribution in [3.05, 3.63) is 67.9 Å². The Balaban J connectivity index is 2.55. The third-order valence-electron chi connectivity index (χ3n) is 2.87. The summed E-state index contributed by atoms with van der Waals surface area (Å²) >= 11 is 15.2. The lowest BCUT2D eigenvalue weighted by Gasteiger charge is -2.13. The molecule has 0 saturated heterocycles. The molecule has 0 fully saturated rings. The van der Waals surface area contributed by atoms with E-state index in [1.54, 1.807) is 6.07 Å². The molecule has 0 aliphatic carbocycles. The monoisotopic (exact) mass is 385 g/mol. The fourth-order valence-electron chi connectivity index (χ4n) is 1.88. The number of carbonyl (C=O) groups excluding carboxylic acids is 1. The number of ketones is 1. The average molecular weight is 387 g/mol. The molecule has 0 aliphatic heterocycles. The van der Waals surface area contributed by atoms with Crippen LogP contribution in [0.5, 0.6) is 0 Å². The number of nitriles is 1. The van der Waals surface area contributed by atoms with Crippen LogP contribution < -0.4 is 0 Å². The van der Waals surface area contributed by atoms with Gasteiger partial charge in [-0.1, -0.05) is 45.2 Å². The van der Waals surface area contributed by atoms with Gasteiger partial charge in [-0.3, -0.25) is 4.79 Å². The highest BCUT2D eigenvalue weighted by Gasteiger charge is 2.28. The van der Waals surface area contributed by atoms with Crippen molar-refractivity contribution in [3.63, 3.8) is 0 Å². The Labute approximate surface area is 139 Å². The van der Waals surface area contributed by atoms with Crippen LogP contribution in [0.4, 0.5) is 4.39 Å². The van der Waals surface area contributed by atoms with Gasteiger partial charge in [-0.25, -0.2) is 4.39 Å². The van der Waals surface area contributed by atoms with Crippen molar-refractivity contribution in [1.82, 2.24) is 0 Å². The van der Waals surface area contributed by atoms with Gasteiger partial charge < -0.3 is 0 Å². The van der Waals surface area contributed by atoms with Crippen molar-refractivity contribution in [2.24, 2.45) is 0 Å². The Morgan fingerprint density at radius 3 is 2.43 bits per heavy atom. The molecule has 6 heteroatoms. The second-order valence-corrected chi connectivity index (χ2v) is 5.92. The van der Waals surface area contributed by atoms with Crippen molar-refractivity contribution in [3.8, 4) is 6.07 Å². The summed E-state index contributed by atoms with van der Waals surface area (Å²) in [6.45, 7) is 0. The minimum atomic E-state index is -1.27. The Morgan fingerprint density at radius 2 is 1.86 bits per heavy atom. The number of nitrogens with zero attached hydrogens (tertiary/aromatic N) is 1. The molecule has 2 rings (SSSR count). The first kappa shape index (κ1) is 16.0. The zero-order valence-electron chi connectivity index (χ0n) is 10.4. The number of hydrogen-bond donors (Lipinski definition) is 0. The molecular formula is C15H7BrCl2FNO. The number of benzene rings is 2. The van der Waals surface area contributed by atoms with Crippen LogP contribution in [0.1, 0.15) is 21.8 Å². The first-order chi connectivity index (χ1) is 9.95. The minimum Gasteiger partial charge on any atom is -0.292 e. The molecule has 2 aromatic rings. The number of carbonyl (C=O) groups is 1. The lowest BCUT2D eigenvalue weighted by molar-refractivity contribution is 0.0975. The van der Waals surface area contributed by atoms with E-state index >= 15 is 0 Å². The molecule has 0 bridgehead atoms. The summed E-state index contributed by atoms with van der Waals surface area (Å²) in [4.78, 5) is 12.5. The van der Waals surface area contributed by atoms with Crippen LogP contribution in [0.25, 0.3) is 0 Å². The van der Waals surface area contributed by atoms with E-state index in [0.29, 0.717) is 4.47 Å². The highest BCUT2D eigenvalue weighted by Crippen LogP contribution is 2.34. The van der Waals surface area contributed by atoms with Crippen molar-refractivity contribution in [2.45, 2.75) is 5.92 Å². The van der Waals surface area contributed by atoms with Crippen LogP contribution in [0.3, 0.4) is 0 Å². The van der Waals surface area contributed by atoms with E-state index in [1.807, 2.05) is 6.07 Å². The summed E-state index contributed by atoms with van der Waals surface area (Å²) in [7, 11) is 0. The molecule has 106 valence electrons. The van der Waals surface area contributed by atoms with Crippen molar-refractivity contribution >= 4 is 44.9 Å². The number of hydrogen-bond acceptors (Lipinski definition) is 2. The van der Waals surface area contributed by atoms with Crippen molar-refractivity contribution in [1.29, 1.82) is 5.26 Å². The molecule has 2 nitrogen and oxygen atoms in total. The van der Waals surface area contributed by atoms with E-state index in [-0.39, 0.29) is 21.2 Å². The molecule has 0 radical (unpaired) electrons. The lowest BCUT2D eigenvalue weighted by Crippen LogP contribution is -2.14. The molecular weight excluding hydrogens is 380 g/mol. The Morgan fingerprint density at radius 1 is 1.24 bits per heavy atom. The van der Waals surface area contributed by atoms with Crippen LogP contribution >= 0.6 is 39.1 Å². The van der Waals surface area contributed by atoms with Crippen LogP contribution in [-0.4, -0.2) is 5.78 Å². The van der Waals surface area contributed by atoms with Gasteiger partial charge in [0.2, 0.25) is 0 Å². The summed E-state index contributed by atoms with van der Waals surface area (Å²) in [5.74, 6) is -2.66. The molecule has 1 unspecified atom stereocenters. The standard InChI is InChI=1S/C15H7BrCl2FNO/c16-8-4-5-13(19)9(6-8)15(21)10(7-20)14-11(17)2-1-3-12(14)18/h1-6,10H. The summed E-state index contributed by atoms with van der Waals surface area (Å²) in [6.07, 6.45) is 0. The summed E-state index contributed by atoms with van der Waals surface area (Å²) in [6, 6.07) is 10.4. The topological polar surface area (TPSA) is 40.9 Å². The quantitative estimate of drug-likeness (QED) is 0.664. The third kappa shape index (κ3) is 3.26. The molecule has 21 heavy (non-hydrogen) atoms. The molecule has 1 atom stereocenters. The maximum atomic E-state index is 13.8. The highest BCUT2D eigenvalue weighted by molar-refractivity contribution is 9.10. The third-order valence-corrected chi connectivity index (χ3v) is 4.03. The second kappa shape index (κ2) is 6.57. The Hall–Kier alpha value is -1.41. The molecule has 0 N–H and O–H groups in total. The SMILES string of the molecule is N#CC(C(=O)c1cc(Br)ccc1F)c1c(Cl)cccc1Cl. The molecule has 2 aromatic carbocycles. The first-order valence-corrected chi connectivity index (χ1v) is 7.33. The normalized spacial score (nSPS) is 11.8. The van der Waals surface area contributed by atoms with Gasteiger partial charge in [0.15, 0.2) is 5.78 Å².